The topological polar surface area (TPSA) is 88.7 Å². The molecular formula is C28H32FN7O3S. The summed E-state index contributed by atoms with van der Waals surface area (Å²) < 4.78 is 23.8. The van der Waals surface area contributed by atoms with Gasteiger partial charge < -0.3 is 19.1 Å². The van der Waals surface area contributed by atoms with E-state index in [4.69, 9.17) is 9.72 Å². The summed E-state index contributed by atoms with van der Waals surface area (Å²) >= 11 is 1.23. The average Bonchev–Trinajstić information content (AvgIpc) is 3.34. The molecule has 0 N–H and O–H groups in total. The molecule has 2 aromatic heterocycles. The number of aromatic nitrogens is 4. The molecule has 1 amide bonds. The van der Waals surface area contributed by atoms with Crippen molar-refractivity contribution in [2.24, 2.45) is 0 Å². The molecule has 1 saturated heterocycles. The van der Waals surface area contributed by atoms with Gasteiger partial charge in [-0.1, -0.05) is 24.3 Å². The van der Waals surface area contributed by atoms with Gasteiger partial charge in [-0.05, 0) is 54.6 Å². The molecule has 5 rings (SSSR count). The molecule has 0 aliphatic carbocycles. The van der Waals surface area contributed by atoms with E-state index in [0.717, 1.165) is 48.5 Å². The molecule has 2 aromatic carbocycles. The predicted octanol–water partition coefficient (Wildman–Crippen LogP) is 4.19. The highest BCUT2D eigenvalue weighted by atomic mass is 32.2. The summed E-state index contributed by atoms with van der Waals surface area (Å²) in [5.74, 6) is 1.08. The van der Waals surface area contributed by atoms with Gasteiger partial charge >= 0.3 is 6.09 Å². The van der Waals surface area contributed by atoms with E-state index in [0.29, 0.717) is 12.5 Å². The van der Waals surface area contributed by atoms with Crippen LogP contribution in [0.2, 0.25) is 0 Å². The number of hydrogen-bond acceptors (Lipinski definition) is 8. The molecule has 10 nitrogen and oxygen atoms in total. The van der Waals surface area contributed by atoms with Gasteiger partial charge in [0, 0.05) is 51.7 Å². The summed E-state index contributed by atoms with van der Waals surface area (Å²) in [6.45, 7) is 1.88. The number of anilines is 2. The standard InChI is InChI=1S/C28H32FN7O3S/c1-32(26-30-15-12-25(37)36(26)19-39-28(38)33(2)40-3)22-13-16-34(17-14-22)27-31-23-6-4-5-7-24(23)35(27)18-20-8-10-21(29)11-9-20/h4-12,15,22H,13-14,16-19H2,1-3H3. The van der Waals surface area contributed by atoms with Crippen LogP contribution in [0.15, 0.2) is 65.6 Å². The number of hydrogen-bond donors (Lipinski definition) is 0. The third-order valence-corrected chi connectivity index (χ3v) is 7.96. The summed E-state index contributed by atoms with van der Waals surface area (Å²) in [4.78, 5) is 38.5. The number of carbonyl (C=O) groups is 1. The highest BCUT2D eigenvalue weighted by Gasteiger charge is 2.28. The molecule has 1 fully saturated rings. The largest absolute Gasteiger partial charge is 0.427 e. The third kappa shape index (κ3) is 5.76. The fourth-order valence-corrected chi connectivity index (χ4v) is 5.16. The Balaban J connectivity index is 1.32. The van der Waals surface area contributed by atoms with Crippen LogP contribution >= 0.6 is 11.9 Å². The van der Waals surface area contributed by atoms with Gasteiger partial charge in [0.2, 0.25) is 11.9 Å². The zero-order valence-corrected chi connectivity index (χ0v) is 23.6. The van der Waals surface area contributed by atoms with Crippen LogP contribution in [-0.4, -0.2) is 69.0 Å². The zero-order valence-electron chi connectivity index (χ0n) is 22.7. The first kappa shape index (κ1) is 27.5. The monoisotopic (exact) mass is 565 g/mol. The van der Waals surface area contributed by atoms with Crippen LogP contribution in [0.4, 0.5) is 21.1 Å². The van der Waals surface area contributed by atoms with E-state index >= 15 is 0 Å². The molecule has 3 heterocycles. The Hall–Kier alpha value is -4.06. The molecule has 1 aliphatic rings. The minimum absolute atomic E-state index is 0.122. The Morgan fingerprint density at radius 2 is 1.80 bits per heavy atom. The first-order valence-electron chi connectivity index (χ1n) is 13.0. The lowest BCUT2D eigenvalue weighted by Gasteiger charge is -2.38. The quantitative estimate of drug-likeness (QED) is 0.294. The summed E-state index contributed by atoms with van der Waals surface area (Å²) in [5.41, 5.74) is 2.65. The van der Waals surface area contributed by atoms with Crippen LogP contribution in [0.1, 0.15) is 18.4 Å². The van der Waals surface area contributed by atoms with Crippen LogP contribution in [0.3, 0.4) is 0 Å². The van der Waals surface area contributed by atoms with E-state index in [9.17, 15) is 14.0 Å². The second kappa shape index (κ2) is 12.0. The molecule has 0 radical (unpaired) electrons. The fraction of sp³-hybridized carbons (Fsp3) is 0.357. The normalized spacial score (nSPS) is 13.9. The van der Waals surface area contributed by atoms with E-state index in [1.807, 2.05) is 30.1 Å². The average molecular weight is 566 g/mol. The number of carbonyl (C=O) groups excluding carboxylic acids is 1. The van der Waals surface area contributed by atoms with Crippen molar-refractivity contribution in [3.63, 3.8) is 0 Å². The molecule has 12 heteroatoms. The Labute approximate surface area is 236 Å². The van der Waals surface area contributed by atoms with Crippen molar-refractivity contribution in [2.75, 3.05) is 43.2 Å². The van der Waals surface area contributed by atoms with Gasteiger partial charge in [-0.15, -0.1) is 0 Å². The number of para-hydroxylation sites is 2. The van der Waals surface area contributed by atoms with E-state index < -0.39 is 6.09 Å². The van der Waals surface area contributed by atoms with Crippen LogP contribution in [0, 0.1) is 5.82 Å². The van der Waals surface area contributed by atoms with Crippen molar-refractivity contribution in [2.45, 2.75) is 32.2 Å². The highest BCUT2D eigenvalue weighted by Crippen LogP contribution is 2.28. The van der Waals surface area contributed by atoms with Crippen LogP contribution in [0.25, 0.3) is 11.0 Å². The first-order chi connectivity index (χ1) is 19.4. The van der Waals surface area contributed by atoms with E-state index in [1.54, 1.807) is 25.4 Å². The Kier molecular flexibility index (Phi) is 8.24. The highest BCUT2D eigenvalue weighted by molar-refractivity contribution is 7.96. The van der Waals surface area contributed by atoms with Crippen molar-refractivity contribution in [1.29, 1.82) is 0 Å². The van der Waals surface area contributed by atoms with Gasteiger partial charge in [0.05, 0.1) is 17.6 Å². The van der Waals surface area contributed by atoms with Gasteiger partial charge in [-0.3, -0.25) is 9.10 Å². The van der Waals surface area contributed by atoms with E-state index in [2.05, 4.69) is 20.5 Å². The molecule has 0 atom stereocenters. The molecule has 40 heavy (non-hydrogen) atoms. The minimum Gasteiger partial charge on any atom is -0.427 e. The Bertz CT molecular complexity index is 1530. The van der Waals surface area contributed by atoms with Crippen molar-refractivity contribution in [3.05, 3.63) is 82.5 Å². The van der Waals surface area contributed by atoms with Crippen LogP contribution < -0.4 is 15.4 Å². The lowest BCUT2D eigenvalue weighted by molar-refractivity contribution is 0.100. The third-order valence-electron chi connectivity index (χ3n) is 7.26. The molecule has 0 spiro atoms. The number of nitrogens with zero attached hydrogens (tertiary/aromatic N) is 7. The second-order valence-electron chi connectivity index (χ2n) is 9.67. The maximum Gasteiger partial charge on any atom is 0.421 e. The van der Waals surface area contributed by atoms with Crippen LogP contribution in [-0.2, 0) is 18.0 Å². The fourth-order valence-electron chi connectivity index (χ4n) is 4.96. The number of imidazole rings is 1. The molecule has 0 bridgehead atoms. The number of ether oxygens (including phenoxy) is 1. The number of amides is 1. The maximum absolute atomic E-state index is 13.5. The molecule has 1 aliphatic heterocycles. The second-order valence-corrected chi connectivity index (χ2v) is 10.6. The van der Waals surface area contributed by atoms with E-state index in [-0.39, 0.29) is 24.1 Å². The lowest BCUT2D eigenvalue weighted by atomic mass is 10.0. The predicted molar refractivity (Wildman–Crippen MR) is 155 cm³/mol. The summed E-state index contributed by atoms with van der Waals surface area (Å²) in [6.07, 6.45) is 4.34. The lowest BCUT2D eigenvalue weighted by Crippen LogP contribution is -2.46. The molecule has 210 valence electrons. The van der Waals surface area contributed by atoms with Gasteiger partial charge in [0.25, 0.3) is 5.56 Å². The maximum atomic E-state index is 13.5. The SMILES string of the molecule is CSN(C)C(=O)OCn1c(N(C)C2CCN(c3nc4ccccc4n3Cc3ccc(F)cc3)CC2)nccc1=O. The van der Waals surface area contributed by atoms with Crippen molar-refractivity contribution in [3.8, 4) is 0 Å². The number of halogens is 1. The van der Waals surface area contributed by atoms with Crippen molar-refractivity contribution < 1.29 is 13.9 Å². The molecular weight excluding hydrogens is 533 g/mol. The molecule has 0 saturated carbocycles. The van der Waals surface area contributed by atoms with Gasteiger partial charge in [-0.25, -0.2) is 23.7 Å². The number of rotatable bonds is 8. The van der Waals surface area contributed by atoms with Crippen molar-refractivity contribution >= 4 is 41.0 Å². The Morgan fingerprint density at radius 1 is 1.07 bits per heavy atom. The van der Waals surface area contributed by atoms with Gasteiger partial charge in [0.1, 0.15) is 5.82 Å². The summed E-state index contributed by atoms with van der Waals surface area (Å²) in [5, 5.41) is 0. The molecule has 4 aromatic rings. The Morgan fingerprint density at radius 3 is 2.52 bits per heavy atom. The van der Waals surface area contributed by atoms with Crippen molar-refractivity contribution in [1.82, 2.24) is 23.4 Å². The van der Waals surface area contributed by atoms with Crippen LogP contribution in [0.5, 0.6) is 0 Å². The summed E-state index contributed by atoms with van der Waals surface area (Å²) in [7, 11) is 3.52. The zero-order chi connectivity index (χ0) is 28.2. The number of piperidine rings is 1. The first-order valence-corrected chi connectivity index (χ1v) is 14.2. The molecule has 0 unspecified atom stereocenters. The smallest absolute Gasteiger partial charge is 0.421 e. The van der Waals surface area contributed by atoms with Gasteiger partial charge in [0.15, 0.2) is 6.73 Å². The van der Waals surface area contributed by atoms with Gasteiger partial charge in [-0.2, -0.15) is 0 Å². The summed E-state index contributed by atoms with van der Waals surface area (Å²) in [6, 6.07) is 16.1. The number of benzene rings is 2. The number of fused-ring (bicyclic) bond motifs is 1. The minimum atomic E-state index is -0.534. The van der Waals surface area contributed by atoms with E-state index in [1.165, 1.54) is 45.2 Å².